The molecule has 30 heavy (non-hydrogen) atoms. The molecule has 3 heterocycles. The van der Waals surface area contributed by atoms with Crippen LogP contribution in [0, 0.1) is 6.92 Å². The molecular weight excluding hydrogens is 406 g/mol. The second-order valence-corrected chi connectivity index (χ2v) is 7.37. The zero-order valence-electron chi connectivity index (χ0n) is 16.1. The van der Waals surface area contributed by atoms with Crippen molar-refractivity contribution in [2.75, 3.05) is 12.4 Å². The number of amides is 3. The van der Waals surface area contributed by atoms with Crippen LogP contribution < -0.4 is 5.32 Å². The number of imide groups is 1. The molecule has 3 amide bonds. The number of nitrogens with one attached hydrogen (secondary N) is 1. The average molecular weight is 422 g/mol. The molecule has 8 nitrogen and oxygen atoms in total. The molecule has 0 aliphatic carbocycles. The van der Waals surface area contributed by atoms with Crippen LogP contribution in [0.5, 0.6) is 0 Å². The zero-order chi connectivity index (χ0) is 21.4. The fraction of sp³-hybridized carbons (Fsp3) is 0.143. The summed E-state index contributed by atoms with van der Waals surface area (Å²) in [7, 11) is 1.43. The van der Waals surface area contributed by atoms with Gasteiger partial charge >= 0.3 is 0 Å². The van der Waals surface area contributed by atoms with Crippen molar-refractivity contribution >= 4 is 35.1 Å². The van der Waals surface area contributed by atoms with Crippen molar-refractivity contribution in [1.29, 1.82) is 0 Å². The van der Waals surface area contributed by atoms with Crippen LogP contribution in [-0.2, 0) is 11.2 Å². The molecule has 0 unspecified atom stereocenters. The number of nitrogens with zero attached hydrogens (tertiary/aromatic N) is 4. The van der Waals surface area contributed by atoms with E-state index in [1.807, 2.05) is 6.92 Å². The normalized spacial score (nSPS) is 12.8. The molecule has 4 rings (SSSR count). The van der Waals surface area contributed by atoms with Crippen molar-refractivity contribution in [2.24, 2.45) is 0 Å². The van der Waals surface area contributed by atoms with Gasteiger partial charge in [0.2, 0.25) is 5.91 Å². The first-order valence-electron chi connectivity index (χ1n) is 9.04. The van der Waals surface area contributed by atoms with Gasteiger partial charge < -0.3 is 5.32 Å². The van der Waals surface area contributed by atoms with Crippen molar-refractivity contribution in [3.8, 4) is 11.3 Å². The molecule has 3 aromatic rings. The summed E-state index contributed by atoms with van der Waals surface area (Å²) in [5, 5.41) is 11.2. The molecule has 2 aromatic heterocycles. The maximum Gasteiger partial charge on any atom is 0.261 e. The van der Waals surface area contributed by atoms with E-state index in [1.165, 1.54) is 13.2 Å². The average Bonchev–Trinajstić information content (AvgIpc) is 2.92. The predicted octanol–water partition coefficient (Wildman–Crippen LogP) is 2.91. The van der Waals surface area contributed by atoms with Crippen molar-refractivity contribution in [3.05, 3.63) is 70.0 Å². The number of fused-ring (bicyclic) bond motifs is 1. The first-order valence-corrected chi connectivity index (χ1v) is 9.41. The van der Waals surface area contributed by atoms with E-state index >= 15 is 0 Å². The van der Waals surface area contributed by atoms with Crippen LogP contribution in [0.3, 0.4) is 0 Å². The van der Waals surface area contributed by atoms with E-state index in [0.29, 0.717) is 27.4 Å². The van der Waals surface area contributed by atoms with Crippen LogP contribution in [0.4, 0.5) is 5.82 Å². The van der Waals surface area contributed by atoms with Gasteiger partial charge in [-0.2, -0.15) is 0 Å². The van der Waals surface area contributed by atoms with Crippen molar-refractivity contribution in [3.63, 3.8) is 0 Å². The van der Waals surface area contributed by atoms with Crippen molar-refractivity contribution < 1.29 is 14.4 Å². The summed E-state index contributed by atoms with van der Waals surface area (Å²) in [6, 6.07) is 8.42. The number of carbonyl (C=O) groups excluding carboxylic acids is 3. The van der Waals surface area contributed by atoms with Gasteiger partial charge in [0.25, 0.3) is 11.8 Å². The molecule has 1 aromatic carbocycles. The van der Waals surface area contributed by atoms with E-state index in [-0.39, 0.29) is 29.6 Å². The lowest BCUT2D eigenvalue weighted by Crippen LogP contribution is -2.25. The molecule has 0 atom stereocenters. The van der Waals surface area contributed by atoms with Gasteiger partial charge in [-0.3, -0.25) is 24.3 Å². The molecule has 150 valence electrons. The van der Waals surface area contributed by atoms with Crippen LogP contribution in [0.15, 0.2) is 42.7 Å². The minimum Gasteiger partial charge on any atom is -0.309 e. The summed E-state index contributed by atoms with van der Waals surface area (Å²) in [5.74, 6) is -0.874. The molecule has 9 heteroatoms. The second kappa shape index (κ2) is 7.64. The van der Waals surface area contributed by atoms with Crippen LogP contribution in [0.1, 0.15) is 31.8 Å². The molecule has 0 spiro atoms. The fourth-order valence-electron chi connectivity index (χ4n) is 3.33. The first-order chi connectivity index (χ1) is 14.3. The zero-order valence-corrected chi connectivity index (χ0v) is 16.9. The lowest BCUT2D eigenvalue weighted by molar-refractivity contribution is -0.115. The Hall–Kier alpha value is -3.65. The third-order valence-corrected chi connectivity index (χ3v) is 4.91. The summed E-state index contributed by atoms with van der Waals surface area (Å²) in [6.45, 7) is 1.81. The van der Waals surface area contributed by atoms with Gasteiger partial charge in [0.1, 0.15) is 0 Å². The number of hydrogen-bond donors (Lipinski definition) is 1. The van der Waals surface area contributed by atoms with Gasteiger partial charge in [0, 0.05) is 25.0 Å². The van der Waals surface area contributed by atoms with E-state index in [1.54, 1.807) is 36.5 Å². The number of pyridine rings is 1. The Morgan fingerprint density at radius 2 is 1.90 bits per heavy atom. The SMILES string of the molecule is Cc1cc(CC(=O)Nc2ccc(-c3cncc(Cl)c3)nn2)c2c(c1)C(=O)N(C)C2=O. The number of halogens is 1. The standard InChI is InChI=1S/C21H16ClN5O3/c1-11-5-12(19-15(6-11)20(29)27(2)21(19)30)8-18(28)24-17-4-3-16(25-26-17)13-7-14(22)10-23-9-13/h3-7,9-10H,8H2,1-2H3,(H,24,26,28). The Morgan fingerprint density at radius 1 is 1.10 bits per heavy atom. The molecule has 1 aliphatic rings. The monoisotopic (exact) mass is 421 g/mol. The highest BCUT2D eigenvalue weighted by Gasteiger charge is 2.35. The number of carbonyl (C=O) groups is 3. The van der Waals surface area contributed by atoms with Crippen molar-refractivity contribution in [2.45, 2.75) is 13.3 Å². The minimum absolute atomic E-state index is 0.0709. The third-order valence-electron chi connectivity index (χ3n) is 4.70. The summed E-state index contributed by atoms with van der Waals surface area (Å²) in [6.07, 6.45) is 3.06. The highest BCUT2D eigenvalue weighted by Crippen LogP contribution is 2.27. The number of anilines is 1. The van der Waals surface area contributed by atoms with Crippen LogP contribution in [0.25, 0.3) is 11.3 Å². The summed E-state index contributed by atoms with van der Waals surface area (Å²) in [4.78, 5) is 42.3. The molecule has 0 radical (unpaired) electrons. The summed E-state index contributed by atoms with van der Waals surface area (Å²) < 4.78 is 0. The van der Waals surface area contributed by atoms with Gasteiger partial charge in [-0.15, -0.1) is 10.2 Å². The molecular formula is C21H16ClN5O3. The maximum absolute atomic E-state index is 12.5. The van der Waals surface area contributed by atoms with Gasteiger partial charge in [-0.25, -0.2) is 0 Å². The Kier molecular flexibility index (Phi) is 5.01. The largest absolute Gasteiger partial charge is 0.309 e. The molecule has 1 N–H and O–H groups in total. The Morgan fingerprint density at radius 3 is 2.60 bits per heavy atom. The number of aryl methyl sites for hydroxylation is 1. The minimum atomic E-state index is -0.405. The van der Waals surface area contributed by atoms with Gasteiger partial charge in [0.05, 0.1) is 28.3 Å². The third kappa shape index (κ3) is 3.65. The number of benzene rings is 1. The van der Waals surface area contributed by atoms with Gasteiger partial charge in [-0.05, 0) is 42.3 Å². The van der Waals surface area contributed by atoms with E-state index in [2.05, 4.69) is 20.5 Å². The predicted molar refractivity (Wildman–Crippen MR) is 110 cm³/mol. The molecule has 0 saturated heterocycles. The molecule has 0 saturated carbocycles. The molecule has 0 fully saturated rings. The van der Waals surface area contributed by atoms with E-state index in [9.17, 15) is 14.4 Å². The Balaban J connectivity index is 1.52. The number of rotatable bonds is 4. The highest BCUT2D eigenvalue weighted by molar-refractivity contribution is 6.30. The van der Waals surface area contributed by atoms with Gasteiger partial charge in [-0.1, -0.05) is 17.7 Å². The highest BCUT2D eigenvalue weighted by atomic mass is 35.5. The smallest absolute Gasteiger partial charge is 0.261 e. The van der Waals surface area contributed by atoms with Gasteiger partial charge in [0.15, 0.2) is 5.82 Å². The second-order valence-electron chi connectivity index (χ2n) is 6.94. The lowest BCUT2D eigenvalue weighted by atomic mass is 9.97. The molecule has 1 aliphatic heterocycles. The Bertz CT molecular complexity index is 1190. The van der Waals surface area contributed by atoms with E-state index in [4.69, 9.17) is 11.6 Å². The number of aromatic nitrogens is 3. The number of hydrogen-bond acceptors (Lipinski definition) is 6. The lowest BCUT2D eigenvalue weighted by Gasteiger charge is -2.09. The topological polar surface area (TPSA) is 105 Å². The van der Waals surface area contributed by atoms with E-state index in [0.717, 1.165) is 10.5 Å². The van der Waals surface area contributed by atoms with Crippen molar-refractivity contribution in [1.82, 2.24) is 20.1 Å². The van der Waals surface area contributed by atoms with Crippen LogP contribution in [0.2, 0.25) is 5.02 Å². The summed E-state index contributed by atoms with van der Waals surface area (Å²) in [5.41, 5.74) is 3.16. The van der Waals surface area contributed by atoms with E-state index < -0.39 is 5.91 Å². The summed E-state index contributed by atoms with van der Waals surface area (Å²) >= 11 is 5.94. The Labute approximate surface area is 176 Å². The van der Waals surface area contributed by atoms with Crippen LogP contribution >= 0.6 is 11.6 Å². The van der Waals surface area contributed by atoms with Crippen LogP contribution in [-0.4, -0.2) is 44.9 Å². The fourth-order valence-corrected chi connectivity index (χ4v) is 3.50. The maximum atomic E-state index is 12.5. The molecule has 0 bridgehead atoms. The quantitative estimate of drug-likeness (QED) is 0.649. The first kappa shape index (κ1) is 19.7.